The first kappa shape index (κ1) is 19.1. The van der Waals surface area contributed by atoms with Crippen LogP contribution in [0.5, 0.6) is 0 Å². The zero-order valence-electron chi connectivity index (χ0n) is 16.7. The third-order valence-electron chi connectivity index (χ3n) is 6.83. The van der Waals surface area contributed by atoms with Crippen LogP contribution in [-0.2, 0) is 4.79 Å². The molecule has 6 nitrogen and oxygen atoms in total. The minimum Gasteiger partial charge on any atom is -0.394 e. The van der Waals surface area contributed by atoms with Crippen molar-refractivity contribution in [3.8, 4) is 0 Å². The number of piperazine rings is 1. The average Bonchev–Trinajstić information content (AvgIpc) is 3.20. The van der Waals surface area contributed by atoms with Gasteiger partial charge in [0, 0.05) is 29.6 Å². The largest absolute Gasteiger partial charge is 0.394 e. The molecule has 1 N–H and O–H groups in total. The Labute approximate surface area is 165 Å². The summed E-state index contributed by atoms with van der Waals surface area (Å²) in [6.45, 7) is 5.97. The fraction of sp³-hybridized carbons (Fsp3) is 0.591. The zero-order chi connectivity index (χ0) is 20.2. The van der Waals surface area contributed by atoms with Gasteiger partial charge in [0.05, 0.1) is 18.7 Å². The number of ketones is 1. The van der Waals surface area contributed by atoms with E-state index in [0.717, 1.165) is 19.3 Å². The Bertz CT molecular complexity index is 834. The maximum Gasteiger partial charge on any atom is 0.254 e. The highest BCUT2D eigenvalue weighted by molar-refractivity contribution is 6.00. The van der Waals surface area contributed by atoms with E-state index in [0.29, 0.717) is 17.7 Å². The van der Waals surface area contributed by atoms with Gasteiger partial charge in [-0.1, -0.05) is 26.0 Å². The molecule has 1 aromatic rings. The molecule has 0 spiro atoms. The summed E-state index contributed by atoms with van der Waals surface area (Å²) in [6.07, 6.45) is 2.58. The summed E-state index contributed by atoms with van der Waals surface area (Å²) in [5, 5.41) is 10.1. The first-order valence-electron chi connectivity index (χ1n) is 10.1. The number of benzene rings is 1. The lowest BCUT2D eigenvalue weighted by molar-refractivity contribution is -0.141. The van der Waals surface area contributed by atoms with E-state index in [1.807, 2.05) is 4.90 Å². The van der Waals surface area contributed by atoms with E-state index in [-0.39, 0.29) is 47.6 Å². The van der Waals surface area contributed by atoms with Crippen molar-refractivity contribution >= 4 is 17.6 Å². The van der Waals surface area contributed by atoms with Crippen LogP contribution in [0.1, 0.15) is 60.7 Å². The Morgan fingerprint density at radius 2 is 1.86 bits per heavy atom. The van der Waals surface area contributed by atoms with Gasteiger partial charge in [0.15, 0.2) is 5.78 Å². The molecule has 150 valence electrons. The van der Waals surface area contributed by atoms with Crippen molar-refractivity contribution in [2.75, 3.05) is 13.2 Å². The SMILES string of the molecule is CC(=O)c1cccc(C(=O)N2C[C@@H]3CC[C@H]([C@H]2CO)N3C(=O)C2CC2(C)C)c1. The number of hydrogen-bond acceptors (Lipinski definition) is 4. The maximum atomic E-state index is 13.2. The van der Waals surface area contributed by atoms with Crippen LogP contribution in [0, 0.1) is 11.3 Å². The normalized spacial score (nSPS) is 30.3. The molecule has 0 aromatic heterocycles. The van der Waals surface area contributed by atoms with Crippen molar-refractivity contribution in [3.63, 3.8) is 0 Å². The van der Waals surface area contributed by atoms with Crippen molar-refractivity contribution in [2.24, 2.45) is 11.3 Å². The molecule has 3 fully saturated rings. The molecule has 2 amide bonds. The average molecular weight is 384 g/mol. The number of hydrogen-bond donors (Lipinski definition) is 1. The molecule has 4 rings (SSSR count). The number of carbonyl (C=O) groups is 3. The number of aliphatic hydroxyl groups excluding tert-OH is 1. The van der Waals surface area contributed by atoms with Crippen LogP contribution in [0.4, 0.5) is 0 Å². The second-order valence-electron chi connectivity index (χ2n) is 9.13. The van der Waals surface area contributed by atoms with Gasteiger partial charge in [0.1, 0.15) is 0 Å². The predicted octanol–water partition coefficient (Wildman–Crippen LogP) is 2.11. The number of Topliss-reactive ketones (excluding diaryl/α,β-unsaturated/α-hetero) is 1. The Hall–Kier alpha value is -2.21. The second-order valence-corrected chi connectivity index (χ2v) is 9.13. The van der Waals surface area contributed by atoms with Crippen LogP contribution in [0.3, 0.4) is 0 Å². The van der Waals surface area contributed by atoms with E-state index in [9.17, 15) is 19.5 Å². The van der Waals surface area contributed by atoms with Gasteiger partial charge < -0.3 is 14.9 Å². The van der Waals surface area contributed by atoms with Crippen LogP contribution in [0.25, 0.3) is 0 Å². The molecule has 1 saturated carbocycles. The van der Waals surface area contributed by atoms with Crippen LogP contribution >= 0.6 is 0 Å². The molecule has 0 radical (unpaired) electrons. The fourth-order valence-corrected chi connectivity index (χ4v) is 4.94. The molecule has 6 heteroatoms. The molecule has 1 aromatic carbocycles. The lowest BCUT2D eigenvalue weighted by Crippen LogP contribution is -2.64. The van der Waals surface area contributed by atoms with Gasteiger partial charge in [-0.2, -0.15) is 0 Å². The summed E-state index contributed by atoms with van der Waals surface area (Å²) in [4.78, 5) is 41.6. The Morgan fingerprint density at radius 1 is 1.18 bits per heavy atom. The molecule has 28 heavy (non-hydrogen) atoms. The van der Waals surface area contributed by atoms with Gasteiger partial charge in [0.25, 0.3) is 5.91 Å². The quantitative estimate of drug-likeness (QED) is 0.807. The molecule has 1 unspecified atom stereocenters. The number of amides is 2. The summed E-state index contributed by atoms with van der Waals surface area (Å²) >= 11 is 0. The Morgan fingerprint density at radius 3 is 2.46 bits per heavy atom. The summed E-state index contributed by atoms with van der Waals surface area (Å²) in [5.74, 6) is -0.0279. The topological polar surface area (TPSA) is 77.9 Å². The van der Waals surface area contributed by atoms with E-state index in [1.165, 1.54) is 6.92 Å². The minimum atomic E-state index is -0.405. The number of aliphatic hydroxyl groups is 1. The van der Waals surface area contributed by atoms with E-state index in [1.54, 1.807) is 29.2 Å². The Balaban J connectivity index is 1.58. The third kappa shape index (κ3) is 3.04. The van der Waals surface area contributed by atoms with Gasteiger partial charge in [-0.15, -0.1) is 0 Å². The highest BCUT2D eigenvalue weighted by Gasteiger charge is 2.57. The molecular formula is C22H28N2O4. The molecule has 2 bridgehead atoms. The number of rotatable bonds is 4. The van der Waals surface area contributed by atoms with Crippen LogP contribution in [0.2, 0.25) is 0 Å². The molecular weight excluding hydrogens is 356 g/mol. The summed E-state index contributed by atoms with van der Waals surface area (Å²) in [7, 11) is 0. The lowest BCUT2D eigenvalue weighted by atomic mass is 9.99. The van der Waals surface area contributed by atoms with Crippen molar-refractivity contribution in [2.45, 2.75) is 58.2 Å². The molecule has 2 aliphatic heterocycles. The molecule has 2 heterocycles. The number of carbonyl (C=O) groups excluding carboxylic acids is 3. The van der Waals surface area contributed by atoms with Gasteiger partial charge in [-0.05, 0) is 43.7 Å². The van der Waals surface area contributed by atoms with Crippen LogP contribution in [0.15, 0.2) is 24.3 Å². The van der Waals surface area contributed by atoms with Crippen molar-refractivity contribution < 1.29 is 19.5 Å². The first-order chi connectivity index (χ1) is 13.2. The molecule has 1 aliphatic carbocycles. The fourth-order valence-electron chi connectivity index (χ4n) is 4.94. The number of likely N-dealkylation sites (tertiary alicyclic amines) is 1. The predicted molar refractivity (Wildman–Crippen MR) is 104 cm³/mol. The summed E-state index contributed by atoms with van der Waals surface area (Å²) in [5.41, 5.74) is 1.01. The summed E-state index contributed by atoms with van der Waals surface area (Å²) < 4.78 is 0. The number of nitrogens with zero attached hydrogens (tertiary/aromatic N) is 2. The molecule has 2 saturated heterocycles. The smallest absolute Gasteiger partial charge is 0.254 e. The van der Waals surface area contributed by atoms with Gasteiger partial charge in [-0.3, -0.25) is 14.4 Å². The third-order valence-corrected chi connectivity index (χ3v) is 6.83. The zero-order valence-corrected chi connectivity index (χ0v) is 16.7. The highest BCUT2D eigenvalue weighted by atomic mass is 16.3. The van der Waals surface area contributed by atoms with Crippen molar-refractivity contribution in [1.29, 1.82) is 0 Å². The van der Waals surface area contributed by atoms with Crippen LogP contribution < -0.4 is 0 Å². The summed E-state index contributed by atoms with van der Waals surface area (Å²) in [6, 6.07) is 6.20. The van der Waals surface area contributed by atoms with Crippen molar-refractivity contribution in [1.82, 2.24) is 9.80 Å². The van der Waals surface area contributed by atoms with Gasteiger partial charge >= 0.3 is 0 Å². The van der Waals surface area contributed by atoms with E-state index >= 15 is 0 Å². The Kier molecular flexibility index (Phi) is 4.57. The second kappa shape index (κ2) is 6.69. The van der Waals surface area contributed by atoms with Crippen molar-refractivity contribution in [3.05, 3.63) is 35.4 Å². The van der Waals surface area contributed by atoms with E-state index in [2.05, 4.69) is 13.8 Å². The van der Waals surface area contributed by atoms with Gasteiger partial charge in [-0.25, -0.2) is 0 Å². The van der Waals surface area contributed by atoms with E-state index < -0.39 is 6.04 Å². The van der Waals surface area contributed by atoms with Crippen LogP contribution in [-0.4, -0.2) is 63.8 Å². The van der Waals surface area contributed by atoms with Gasteiger partial charge in [0.2, 0.25) is 5.91 Å². The molecule has 3 aliphatic rings. The molecule has 4 atom stereocenters. The minimum absolute atomic E-state index is 0.0108. The maximum absolute atomic E-state index is 13.2. The number of fused-ring (bicyclic) bond motifs is 2. The first-order valence-corrected chi connectivity index (χ1v) is 10.1. The monoisotopic (exact) mass is 384 g/mol. The standard InChI is InChI=1S/C22H28N2O4/c1-13(26)14-5-4-6-15(9-14)20(27)23-11-16-7-8-18(19(23)12-25)24(16)21(28)17-10-22(17,2)3/h4-6,9,16-19,25H,7-8,10-12H2,1-3H3/t16-,17?,18+,19+/m0/s1. The highest BCUT2D eigenvalue weighted by Crippen LogP contribution is 2.54. The van der Waals surface area contributed by atoms with E-state index in [4.69, 9.17) is 0 Å². The lowest BCUT2D eigenvalue weighted by Gasteiger charge is -2.46.